The van der Waals surface area contributed by atoms with Crippen LogP contribution >= 0.6 is 22.6 Å². The van der Waals surface area contributed by atoms with Crippen molar-refractivity contribution in [2.24, 2.45) is 0 Å². The van der Waals surface area contributed by atoms with E-state index < -0.39 is 0 Å². The summed E-state index contributed by atoms with van der Waals surface area (Å²) < 4.78 is 27.3. The Morgan fingerprint density at radius 3 is 2.06 bits per heavy atom. The number of hydrogen-bond acceptors (Lipinski definition) is 5. The van der Waals surface area contributed by atoms with Gasteiger partial charge < -0.3 is 23.7 Å². The van der Waals surface area contributed by atoms with Crippen LogP contribution in [0.4, 0.5) is 0 Å². The molecule has 1 aliphatic rings. The molecular weight excluding hydrogens is 327 g/mol. The highest BCUT2D eigenvalue weighted by molar-refractivity contribution is 14.1. The first-order valence-electron chi connectivity index (χ1n) is 5.46. The summed E-state index contributed by atoms with van der Waals surface area (Å²) >= 11 is 2.28. The zero-order valence-electron chi connectivity index (χ0n) is 9.36. The molecule has 0 atom stereocenters. The van der Waals surface area contributed by atoms with Crippen molar-refractivity contribution < 1.29 is 23.7 Å². The summed E-state index contributed by atoms with van der Waals surface area (Å²) in [6.07, 6.45) is -0.188. The molecule has 6 heteroatoms. The lowest BCUT2D eigenvalue weighted by atomic mass is 10.6. The van der Waals surface area contributed by atoms with Gasteiger partial charge in [-0.05, 0) is 0 Å². The van der Waals surface area contributed by atoms with Crippen molar-refractivity contribution in [3.63, 3.8) is 0 Å². The van der Waals surface area contributed by atoms with E-state index in [1.165, 1.54) is 0 Å². The Hall–Kier alpha value is 0.530. The predicted molar refractivity (Wildman–Crippen MR) is 67.0 cm³/mol. The molecule has 0 unspecified atom stereocenters. The molecule has 1 saturated heterocycles. The van der Waals surface area contributed by atoms with Crippen molar-refractivity contribution in [2.45, 2.75) is 6.29 Å². The molecule has 0 bridgehead atoms. The van der Waals surface area contributed by atoms with Gasteiger partial charge >= 0.3 is 0 Å². The van der Waals surface area contributed by atoms with Crippen molar-refractivity contribution >= 4 is 22.6 Å². The topological polar surface area (TPSA) is 46.2 Å². The molecule has 0 amide bonds. The lowest BCUT2D eigenvalue weighted by Crippen LogP contribution is -2.18. The SMILES string of the molecule is ICCOCCOCCOCC1OCCO1. The quantitative estimate of drug-likeness (QED) is 0.333. The zero-order valence-corrected chi connectivity index (χ0v) is 11.5. The number of ether oxygens (including phenoxy) is 5. The summed E-state index contributed by atoms with van der Waals surface area (Å²) in [5.74, 6) is 0. The minimum absolute atomic E-state index is 0.188. The molecule has 0 N–H and O–H groups in total. The molecule has 0 aromatic carbocycles. The first-order valence-corrected chi connectivity index (χ1v) is 6.98. The van der Waals surface area contributed by atoms with Crippen LogP contribution in [0.5, 0.6) is 0 Å². The molecule has 96 valence electrons. The van der Waals surface area contributed by atoms with Gasteiger partial charge in [-0.2, -0.15) is 0 Å². The molecule has 0 saturated carbocycles. The number of alkyl halides is 1. The monoisotopic (exact) mass is 346 g/mol. The maximum Gasteiger partial charge on any atom is 0.181 e. The summed E-state index contributed by atoms with van der Waals surface area (Å²) in [5, 5.41) is 0. The van der Waals surface area contributed by atoms with Crippen LogP contribution in [0.3, 0.4) is 0 Å². The fourth-order valence-corrected chi connectivity index (χ4v) is 1.49. The lowest BCUT2D eigenvalue weighted by Gasteiger charge is -2.09. The summed E-state index contributed by atoms with van der Waals surface area (Å²) in [5.41, 5.74) is 0. The third kappa shape index (κ3) is 7.75. The second kappa shape index (κ2) is 10.7. The van der Waals surface area contributed by atoms with Gasteiger partial charge in [0.1, 0.15) is 0 Å². The van der Waals surface area contributed by atoms with Gasteiger partial charge in [-0.25, -0.2) is 0 Å². The van der Waals surface area contributed by atoms with Crippen LogP contribution in [-0.2, 0) is 23.7 Å². The van der Waals surface area contributed by atoms with Gasteiger partial charge in [-0.3, -0.25) is 0 Å². The smallest absolute Gasteiger partial charge is 0.181 e. The standard InChI is InChI=1S/C10H19IO5/c11-1-2-12-3-4-13-5-6-14-9-10-15-7-8-16-10/h10H,1-9H2. The lowest BCUT2D eigenvalue weighted by molar-refractivity contribution is -0.100. The molecule has 0 aliphatic carbocycles. The fraction of sp³-hybridized carbons (Fsp3) is 1.00. The molecule has 1 rings (SSSR count). The van der Waals surface area contributed by atoms with Crippen molar-refractivity contribution in [3.05, 3.63) is 0 Å². The Morgan fingerprint density at radius 2 is 1.44 bits per heavy atom. The third-order valence-electron chi connectivity index (χ3n) is 1.91. The van der Waals surface area contributed by atoms with E-state index in [2.05, 4.69) is 22.6 Å². The number of rotatable bonds is 10. The minimum atomic E-state index is -0.188. The van der Waals surface area contributed by atoms with E-state index in [-0.39, 0.29) is 6.29 Å². The van der Waals surface area contributed by atoms with Crippen LogP contribution in [0.1, 0.15) is 0 Å². The summed E-state index contributed by atoms with van der Waals surface area (Å²) in [4.78, 5) is 0. The highest BCUT2D eigenvalue weighted by Gasteiger charge is 2.15. The second-order valence-electron chi connectivity index (χ2n) is 3.16. The molecule has 1 fully saturated rings. The van der Waals surface area contributed by atoms with Crippen molar-refractivity contribution in [2.75, 3.05) is 57.3 Å². The van der Waals surface area contributed by atoms with Crippen LogP contribution in [0.15, 0.2) is 0 Å². The van der Waals surface area contributed by atoms with Crippen LogP contribution in [0.2, 0.25) is 0 Å². The molecule has 1 heterocycles. The van der Waals surface area contributed by atoms with E-state index in [4.69, 9.17) is 23.7 Å². The van der Waals surface area contributed by atoms with Crippen molar-refractivity contribution in [1.82, 2.24) is 0 Å². The average Bonchev–Trinajstić information content (AvgIpc) is 2.80. The van der Waals surface area contributed by atoms with Gasteiger partial charge in [-0.1, -0.05) is 22.6 Å². The maximum atomic E-state index is 5.33. The highest BCUT2D eigenvalue weighted by atomic mass is 127. The predicted octanol–water partition coefficient (Wildman–Crippen LogP) is 0.844. The molecule has 0 aromatic heterocycles. The first kappa shape index (κ1) is 14.6. The van der Waals surface area contributed by atoms with Crippen molar-refractivity contribution in [3.8, 4) is 0 Å². The molecule has 16 heavy (non-hydrogen) atoms. The Labute approximate surface area is 110 Å². The molecule has 0 radical (unpaired) electrons. The van der Waals surface area contributed by atoms with Crippen LogP contribution in [-0.4, -0.2) is 63.6 Å². The Morgan fingerprint density at radius 1 is 0.875 bits per heavy atom. The van der Waals surface area contributed by atoms with Crippen molar-refractivity contribution in [1.29, 1.82) is 0 Å². The van der Waals surface area contributed by atoms with E-state index in [0.717, 1.165) is 11.0 Å². The van der Waals surface area contributed by atoms with Gasteiger partial charge in [-0.15, -0.1) is 0 Å². The van der Waals surface area contributed by atoms with Gasteiger partial charge in [0.05, 0.1) is 52.9 Å². The van der Waals surface area contributed by atoms with Crippen LogP contribution in [0.25, 0.3) is 0 Å². The van der Waals surface area contributed by atoms with Crippen LogP contribution < -0.4 is 0 Å². The van der Waals surface area contributed by atoms with Gasteiger partial charge in [0.15, 0.2) is 6.29 Å². The summed E-state index contributed by atoms with van der Waals surface area (Å²) in [6.45, 7) is 5.02. The second-order valence-corrected chi connectivity index (χ2v) is 4.24. The zero-order chi connectivity index (χ0) is 11.5. The first-order chi connectivity index (χ1) is 7.93. The van der Waals surface area contributed by atoms with Gasteiger partial charge in [0, 0.05) is 4.43 Å². The maximum absolute atomic E-state index is 5.33. The van der Waals surface area contributed by atoms with E-state index in [9.17, 15) is 0 Å². The van der Waals surface area contributed by atoms with E-state index >= 15 is 0 Å². The molecule has 1 aliphatic heterocycles. The Balaban J connectivity index is 1.71. The molecular formula is C10H19IO5. The normalized spacial score (nSPS) is 17.1. The Bertz CT molecular complexity index is 152. The fourth-order valence-electron chi connectivity index (χ4n) is 1.18. The largest absolute Gasteiger partial charge is 0.378 e. The van der Waals surface area contributed by atoms with E-state index in [0.29, 0.717) is 46.2 Å². The van der Waals surface area contributed by atoms with E-state index in [1.807, 2.05) is 0 Å². The Kier molecular flexibility index (Phi) is 9.73. The van der Waals surface area contributed by atoms with Gasteiger partial charge in [0.25, 0.3) is 0 Å². The minimum Gasteiger partial charge on any atom is -0.378 e. The molecule has 0 spiro atoms. The number of hydrogen-bond donors (Lipinski definition) is 0. The third-order valence-corrected chi connectivity index (χ3v) is 2.35. The van der Waals surface area contributed by atoms with Crippen LogP contribution in [0, 0.1) is 0 Å². The average molecular weight is 346 g/mol. The molecule has 0 aromatic rings. The highest BCUT2D eigenvalue weighted by Crippen LogP contribution is 2.03. The summed E-state index contributed by atoms with van der Waals surface area (Å²) in [6, 6.07) is 0. The van der Waals surface area contributed by atoms with E-state index in [1.54, 1.807) is 0 Å². The van der Waals surface area contributed by atoms with Gasteiger partial charge in [0.2, 0.25) is 0 Å². The number of halogens is 1. The summed E-state index contributed by atoms with van der Waals surface area (Å²) in [7, 11) is 0. The molecule has 5 nitrogen and oxygen atoms in total.